The maximum atomic E-state index is 11.7. The third kappa shape index (κ3) is 4.03. The molecule has 0 rings (SSSR count). The van der Waals surface area contributed by atoms with E-state index in [0.29, 0.717) is 6.42 Å². The first-order valence-corrected chi connectivity index (χ1v) is 5.59. The molecule has 0 fully saturated rings. The first-order chi connectivity index (χ1) is 6.56. The number of ketones is 2. The molecule has 0 radical (unpaired) electrons. The van der Waals surface area contributed by atoms with Crippen LogP contribution in [0.4, 0.5) is 0 Å². The highest BCUT2D eigenvalue weighted by atomic mass is 16.1. The summed E-state index contributed by atoms with van der Waals surface area (Å²) < 4.78 is 0. The van der Waals surface area contributed by atoms with Gasteiger partial charge in [0, 0.05) is 18.3 Å². The second-order valence-corrected chi connectivity index (χ2v) is 3.90. The number of rotatable bonds is 7. The average molecular weight is 198 g/mol. The summed E-state index contributed by atoms with van der Waals surface area (Å²) in [6.07, 6.45) is 3.01. The van der Waals surface area contributed by atoms with E-state index in [9.17, 15) is 9.59 Å². The average Bonchev–Trinajstić information content (AvgIpc) is 2.15. The Bertz CT molecular complexity index is 192. The van der Waals surface area contributed by atoms with Crippen molar-refractivity contribution in [3.8, 4) is 0 Å². The van der Waals surface area contributed by atoms with Crippen LogP contribution >= 0.6 is 0 Å². The van der Waals surface area contributed by atoms with Gasteiger partial charge in [-0.05, 0) is 26.2 Å². The first-order valence-electron chi connectivity index (χ1n) is 5.59. The van der Waals surface area contributed by atoms with Crippen molar-refractivity contribution in [3.05, 3.63) is 0 Å². The van der Waals surface area contributed by atoms with Crippen LogP contribution in [0.5, 0.6) is 0 Å². The number of Topliss-reactive ketones (excluding diaryl/α,β-unsaturated/α-hetero) is 2. The molecule has 2 heteroatoms. The van der Waals surface area contributed by atoms with Crippen LogP contribution in [-0.2, 0) is 9.59 Å². The predicted octanol–water partition coefficient (Wildman–Crippen LogP) is 3.00. The van der Waals surface area contributed by atoms with Crippen molar-refractivity contribution in [1.29, 1.82) is 0 Å². The minimum Gasteiger partial charge on any atom is -0.300 e. The lowest BCUT2D eigenvalue weighted by atomic mass is 9.88. The van der Waals surface area contributed by atoms with Gasteiger partial charge in [0.25, 0.3) is 0 Å². The van der Waals surface area contributed by atoms with Gasteiger partial charge in [0.05, 0.1) is 0 Å². The van der Waals surface area contributed by atoms with Crippen LogP contribution in [0.1, 0.15) is 53.4 Å². The van der Waals surface area contributed by atoms with Crippen LogP contribution in [0.25, 0.3) is 0 Å². The van der Waals surface area contributed by atoms with Gasteiger partial charge in [0.15, 0.2) is 0 Å². The van der Waals surface area contributed by atoms with Crippen molar-refractivity contribution in [3.63, 3.8) is 0 Å². The Morgan fingerprint density at radius 2 is 1.36 bits per heavy atom. The number of hydrogen-bond acceptors (Lipinski definition) is 2. The number of hydrogen-bond donors (Lipinski definition) is 0. The van der Waals surface area contributed by atoms with Crippen molar-refractivity contribution in [2.75, 3.05) is 0 Å². The van der Waals surface area contributed by atoms with E-state index in [1.54, 1.807) is 6.92 Å². The van der Waals surface area contributed by atoms with Crippen LogP contribution < -0.4 is 0 Å². The quantitative estimate of drug-likeness (QED) is 0.630. The third-order valence-electron chi connectivity index (χ3n) is 2.96. The Labute approximate surface area is 87.1 Å². The monoisotopic (exact) mass is 198 g/mol. The van der Waals surface area contributed by atoms with Crippen LogP contribution in [0.2, 0.25) is 0 Å². The summed E-state index contributed by atoms with van der Waals surface area (Å²) in [5.74, 6) is 0.510. The van der Waals surface area contributed by atoms with Gasteiger partial charge >= 0.3 is 0 Å². The van der Waals surface area contributed by atoms with Gasteiger partial charge in [-0.15, -0.1) is 0 Å². The maximum Gasteiger partial charge on any atom is 0.136 e. The predicted molar refractivity (Wildman–Crippen MR) is 58.2 cm³/mol. The second kappa shape index (κ2) is 6.74. The summed E-state index contributed by atoms with van der Waals surface area (Å²) in [5.41, 5.74) is 0. The van der Waals surface area contributed by atoms with Crippen molar-refractivity contribution in [2.45, 2.75) is 53.4 Å². The molecule has 0 aromatic rings. The molecule has 0 aliphatic carbocycles. The highest BCUT2D eigenvalue weighted by molar-refractivity contribution is 5.87. The van der Waals surface area contributed by atoms with E-state index in [1.165, 1.54) is 0 Å². The Morgan fingerprint density at radius 3 is 1.64 bits per heavy atom. The lowest BCUT2D eigenvalue weighted by Crippen LogP contribution is -2.20. The van der Waals surface area contributed by atoms with Gasteiger partial charge < -0.3 is 0 Å². The molecule has 14 heavy (non-hydrogen) atoms. The molecule has 0 N–H and O–H groups in total. The summed E-state index contributed by atoms with van der Waals surface area (Å²) in [7, 11) is 0. The Hall–Kier alpha value is -0.660. The molecule has 0 aliphatic heterocycles. The van der Waals surface area contributed by atoms with E-state index >= 15 is 0 Å². The molecule has 0 aromatic carbocycles. The molecule has 0 unspecified atom stereocenters. The molecule has 0 aromatic heterocycles. The van der Waals surface area contributed by atoms with E-state index < -0.39 is 0 Å². The zero-order valence-electron chi connectivity index (χ0n) is 9.80. The molecular weight excluding hydrogens is 176 g/mol. The molecule has 0 saturated carbocycles. The fraction of sp³-hybridized carbons (Fsp3) is 0.833. The van der Waals surface area contributed by atoms with E-state index in [4.69, 9.17) is 0 Å². The van der Waals surface area contributed by atoms with E-state index in [-0.39, 0.29) is 23.4 Å². The molecule has 0 heterocycles. The van der Waals surface area contributed by atoms with Crippen LogP contribution in [-0.4, -0.2) is 11.6 Å². The largest absolute Gasteiger partial charge is 0.300 e. The van der Waals surface area contributed by atoms with Crippen molar-refractivity contribution >= 4 is 11.6 Å². The standard InChI is InChI=1S/C12H22O2/c1-5-10(6-2)12(14)8-11(7-3)9(4)13/h10-11H,5-8H2,1-4H3/t11-/m0/s1. The van der Waals surface area contributed by atoms with Gasteiger partial charge in [-0.2, -0.15) is 0 Å². The Kier molecular flexibility index (Phi) is 6.43. The minimum absolute atomic E-state index is 0.0527. The van der Waals surface area contributed by atoms with Crippen LogP contribution in [0.15, 0.2) is 0 Å². The zero-order chi connectivity index (χ0) is 11.1. The summed E-state index contributed by atoms with van der Waals surface area (Å²) in [6, 6.07) is 0. The molecule has 0 spiro atoms. The molecule has 0 bridgehead atoms. The number of carbonyl (C=O) groups excluding carboxylic acids is 2. The van der Waals surface area contributed by atoms with Gasteiger partial charge in [-0.1, -0.05) is 20.8 Å². The highest BCUT2D eigenvalue weighted by Gasteiger charge is 2.20. The number of carbonyl (C=O) groups is 2. The topological polar surface area (TPSA) is 34.1 Å². The van der Waals surface area contributed by atoms with Crippen molar-refractivity contribution in [1.82, 2.24) is 0 Å². The molecule has 0 aliphatic rings. The Morgan fingerprint density at radius 1 is 0.929 bits per heavy atom. The molecule has 0 amide bonds. The SMILES string of the molecule is CCC(CC)C(=O)C[C@H](CC)C(C)=O. The zero-order valence-corrected chi connectivity index (χ0v) is 9.80. The van der Waals surface area contributed by atoms with Gasteiger partial charge in [0.1, 0.15) is 11.6 Å². The highest BCUT2D eigenvalue weighted by Crippen LogP contribution is 2.17. The molecular formula is C12H22O2. The van der Waals surface area contributed by atoms with E-state index in [1.807, 2.05) is 20.8 Å². The van der Waals surface area contributed by atoms with Crippen molar-refractivity contribution in [2.24, 2.45) is 11.8 Å². The van der Waals surface area contributed by atoms with E-state index in [2.05, 4.69) is 0 Å². The molecule has 2 nitrogen and oxygen atoms in total. The molecule has 82 valence electrons. The van der Waals surface area contributed by atoms with Gasteiger partial charge in [-0.3, -0.25) is 9.59 Å². The molecule has 1 atom stereocenters. The lowest BCUT2D eigenvalue weighted by Gasteiger charge is -2.15. The molecule has 0 saturated heterocycles. The second-order valence-electron chi connectivity index (χ2n) is 3.90. The normalized spacial score (nSPS) is 12.9. The fourth-order valence-electron chi connectivity index (χ4n) is 1.73. The summed E-state index contributed by atoms with van der Waals surface area (Å²) in [4.78, 5) is 22.9. The first kappa shape index (κ1) is 13.3. The van der Waals surface area contributed by atoms with Gasteiger partial charge in [0.2, 0.25) is 0 Å². The van der Waals surface area contributed by atoms with Crippen molar-refractivity contribution < 1.29 is 9.59 Å². The smallest absolute Gasteiger partial charge is 0.136 e. The van der Waals surface area contributed by atoms with Crippen LogP contribution in [0, 0.1) is 11.8 Å². The van der Waals surface area contributed by atoms with E-state index in [0.717, 1.165) is 19.3 Å². The minimum atomic E-state index is -0.0527. The fourth-order valence-corrected chi connectivity index (χ4v) is 1.73. The van der Waals surface area contributed by atoms with Gasteiger partial charge in [-0.25, -0.2) is 0 Å². The summed E-state index contributed by atoms with van der Waals surface area (Å²) >= 11 is 0. The summed E-state index contributed by atoms with van der Waals surface area (Å²) in [5, 5.41) is 0. The maximum absolute atomic E-state index is 11.7. The Balaban J connectivity index is 4.20. The van der Waals surface area contributed by atoms with Crippen LogP contribution in [0.3, 0.4) is 0 Å². The summed E-state index contributed by atoms with van der Waals surface area (Å²) in [6.45, 7) is 7.60. The lowest BCUT2D eigenvalue weighted by molar-refractivity contribution is -0.129. The third-order valence-corrected chi connectivity index (χ3v) is 2.96.